The van der Waals surface area contributed by atoms with Gasteiger partial charge in [-0.05, 0) is 35.8 Å². The van der Waals surface area contributed by atoms with Gasteiger partial charge in [0.05, 0.1) is 15.7 Å². The van der Waals surface area contributed by atoms with Crippen LogP contribution in [0.4, 0.5) is 5.69 Å². The third kappa shape index (κ3) is 1.86. The van der Waals surface area contributed by atoms with E-state index < -0.39 is 0 Å². The van der Waals surface area contributed by atoms with Gasteiger partial charge in [0.15, 0.2) is 6.29 Å². The first kappa shape index (κ1) is 12.1. The fourth-order valence-corrected chi connectivity index (χ4v) is 3.40. The molecule has 0 N–H and O–H groups in total. The van der Waals surface area contributed by atoms with Gasteiger partial charge >= 0.3 is 0 Å². The summed E-state index contributed by atoms with van der Waals surface area (Å²) < 4.78 is 0.910. The highest BCUT2D eigenvalue weighted by Crippen LogP contribution is 2.45. The van der Waals surface area contributed by atoms with Crippen molar-refractivity contribution in [2.75, 3.05) is 31.6 Å². The highest BCUT2D eigenvalue weighted by atomic mass is 79.9. The van der Waals surface area contributed by atoms with Gasteiger partial charge in [-0.2, -0.15) is 0 Å². The maximum atomic E-state index is 11.2. The van der Waals surface area contributed by atoms with E-state index in [4.69, 9.17) is 0 Å². The van der Waals surface area contributed by atoms with Gasteiger partial charge in [-0.15, -0.1) is 0 Å². The molecule has 0 amide bonds. The molecule has 0 bridgehead atoms. The molecular weight excluding hydrogens is 294 g/mol. The van der Waals surface area contributed by atoms with Crippen LogP contribution in [0.3, 0.4) is 0 Å². The van der Waals surface area contributed by atoms with E-state index in [1.807, 2.05) is 0 Å². The quantitative estimate of drug-likeness (QED) is 0.782. The monoisotopic (exact) mass is 309 g/mol. The van der Waals surface area contributed by atoms with Crippen LogP contribution in [0.15, 0.2) is 16.9 Å². The van der Waals surface area contributed by atoms with Crippen molar-refractivity contribution >= 4 is 27.9 Å². The molecule has 1 spiro atoms. The minimum absolute atomic E-state index is 0.348. The lowest BCUT2D eigenvalue weighted by atomic mass is 10.1. The van der Waals surface area contributed by atoms with Crippen LogP contribution in [-0.4, -0.2) is 48.4 Å². The molecule has 2 aliphatic rings. The maximum Gasteiger partial charge on any atom is 0.153 e. The fourth-order valence-electron chi connectivity index (χ4n) is 2.80. The first-order chi connectivity index (χ1) is 8.66. The van der Waals surface area contributed by atoms with Crippen LogP contribution < -0.4 is 4.90 Å². The lowest BCUT2D eigenvalue weighted by Crippen LogP contribution is -2.53. The van der Waals surface area contributed by atoms with E-state index >= 15 is 0 Å². The van der Waals surface area contributed by atoms with Crippen LogP contribution in [0, 0.1) is 0 Å². The van der Waals surface area contributed by atoms with Gasteiger partial charge < -0.3 is 4.90 Å². The Bertz CT molecular complexity index is 487. The molecule has 1 saturated carbocycles. The van der Waals surface area contributed by atoms with Crippen LogP contribution in [0.5, 0.6) is 0 Å². The molecule has 0 atom stereocenters. The fraction of sp³-hybridized carbons (Fsp3) is 0.538. The van der Waals surface area contributed by atoms with Crippen molar-refractivity contribution in [3.8, 4) is 0 Å². The van der Waals surface area contributed by atoms with Crippen LogP contribution in [0.1, 0.15) is 23.2 Å². The molecular formula is C13H16BrN3O. The Kier molecular flexibility index (Phi) is 2.90. The molecule has 2 fully saturated rings. The number of likely N-dealkylation sites (N-methyl/N-ethyl adjacent to an activating group) is 1. The molecule has 0 unspecified atom stereocenters. The van der Waals surface area contributed by atoms with Crippen LogP contribution in [-0.2, 0) is 0 Å². The van der Waals surface area contributed by atoms with E-state index in [-0.39, 0.29) is 0 Å². The Morgan fingerprint density at radius 3 is 2.83 bits per heavy atom. The van der Waals surface area contributed by atoms with Gasteiger partial charge in [-0.1, -0.05) is 0 Å². The number of aldehydes is 1. The molecule has 96 valence electrons. The van der Waals surface area contributed by atoms with E-state index in [9.17, 15) is 4.79 Å². The summed E-state index contributed by atoms with van der Waals surface area (Å²) in [6.07, 6.45) is 6.83. The minimum atomic E-state index is 0.348. The summed E-state index contributed by atoms with van der Waals surface area (Å²) in [5.74, 6) is 0. The summed E-state index contributed by atoms with van der Waals surface area (Å²) in [6, 6.07) is 0. The molecule has 3 rings (SSSR count). The number of hydrogen-bond acceptors (Lipinski definition) is 4. The second-order valence-corrected chi connectivity index (χ2v) is 6.10. The van der Waals surface area contributed by atoms with Crippen molar-refractivity contribution < 1.29 is 4.79 Å². The van der Waals surface area contributed by atoms with Crippen molar-refractivity contribution in [1.82, 2.24) is 9.88 Å². The maximum absolute atomic E-state index is 11.2. The molecule has 1 saturated heterocycles. The predicted molar refractivity (Wildman–Crippen MR) is 74.1 cm³/mol. The predicted octanol–water partition coefficient (Wildman–Crippen LogP) is 1.94. The SMILES string of the molecule is CN1CCN(c2c(Br)cncc2C=O)CC12CC2. The van der Waals surface area contributed by atoms with E-state index in [1.54, 1.807) is 12.4 Å². The van der Waals surface area contributed by atoms with Gasteiger partial charge in [0.1, 0.15) is 0 Å². The van der Waals surface area contributed by atoms with E-state index in [0.29, 0.717) is 11.1 Å². The normalized spacial score (nSPS) is 22.2. The number of aromatic nitrogens is 1. The average Bonchev–Trinajstić information content (AvgIpc) is 3.13. The molecule has 5 heteroatoms. The zero-order valence-corrected chi connectivity index (χ0v) is 12.0. The summed E-state index contributed by atoms with van der Waals surface area (Å²) in [5.41, 5.74) is 2.02. The number of carbonyl (C=O) groups is 1. The van der Waals surface area contributed by atoms with E-state index in [2.05, 4.69) is 37.8 Å². The van der Waals surface area contributed by atoms with Crippen LogP contribution in [0.25, 0.3) is 0 Å². The van der Waals surface area contributed by atoms with E-state index in [1.165, 1.54) is 12.8 Å². The second kappa shape index (κ2) is 4.31. The first-order valence-electron chi connectivity index (χ1n) is 6.21. The second-order valence-electron chi connectivity index (χ2n) is 5.24. The Morgan fingerprint density at radius 1 is 1.39 bits per heavy atom. The van der Waals surface area contributed by atoms with Crippen molar-refractivity contribution in [3.63, 3.8) is 0 Å². The number of rotatable bonds is 2. The summed E-state index contributed by atoms with van der Waals surface area (Å²) >= 11 is 3.52. The first-order valence-corrected chi connectivity index (χ1v) is 7.00. The van der Waals surface area contributed by atoms with Crippen molar-refractivity contribution in [2.24, 2.45) is 0 Å². The molecule has 2 heterocycles. The third-order valence-electron chi connectivity index (χ3n) is 4.17. The zero-order chi connectivity index (χ0) is 12.8. The summed E-state index contributed by atoms with van der Waals surface area (Å²) in [6.45, 7) is 3.02. The number of halogens is 1. The molecule has 1 aliphatic heterocycles. The zero-order valence-electron chi connectivity index (χ0n) is 10.4. The molecule has 1 aromatic heterocycles. The molecule has 18 heavy (non-hydrogen) atoms. The molecule has 1 aromatic rings. The molecule has 0 aromatic carbocycles. The molecule has 4 nitrogen and oxygen atoms in total. The third-order valence-corrected chi connectivity index (χ3v) is 4.75. The van der Waals surface area contributed by atoms with Crippen LogP contribution in [0.2, 0.25) is 0 Å². The Morgan fingerprint density at radius 2 is 2.17 bits per heavy atom. The van der Waals surface area contributed by atoms with Crippen molar-refractivity contribution in [3.05, 3.63) is 22.4 Å². The minimum Gasteiger partial charge on any atom is -0.367 e. The van der Waals surface area contributed by atoms with Gasteiger partial charge in [0, 0.05) is 37.6 Å². The largest absolute Gasteiger partial charge is 0.367 e. The van der Waals surface area contributed by atoms with Gasteiger partial charge in [0.2, 0.25) is 0 Å². The van der Waals surface area contributed by atoms with Gasteiger partial charge in [-0.3, -0.25) is 14.7 Å². The summed E-state index contributed by atoms with van der Waals surface area (Å²) in [4.78, 5) is 20.0. The Labute approximate surface area is 115 Å². The molecule has 0 radical (unpaired) electrons. The lowest BCUT2D eigenvalue weighted by Gasteiger charge is -2.41. The highest BCUT2D eigenvalue weighted by Gasteiger charge is 2.49. The van der Waals surface area contributed by atoms with Crippen molar-refractivity contribution in [1.29, 1.82) is 0 Å². The van der Waals surface area contributed by atoms with Gasteiger partial charge in [-0.25, -0.2) is 0 Å². The van der Waals surface area contributed by atoms with Crippen LogP contribution >= 0.6 is 15.9 Å². The van der Waals surface area contributed by atoms with Crippen molar-refractivity contribution in [2.45, 2.75) is 18.4 Å². The average molecular weight is 310 g/mol. The standard InChI is InChI=1S/C13H16BrN3O/c1-16-4-5-17(9-13(16)2-3-13)12-10(8-18)6-15-7-11(12)14/h6-8H,2-5,9H2,1H3. The number of nitrogens with zero attached hydrogens (tertiary/aromatic N) is 3. The highest BCUT2D eigenvalue weighted by molar-refractivity contribution is 9.10. The smallest absolute Gasteiger partial charge is 0.153 e. The van der Waals surface area contributed by atoms with E-state index in [0.717, 1.165) is 36.1 Å². The topological polar surface area (TPSA) is 36.4 Å². The number of anilines is 1. The lowest BCUT2D eigenvalue weighted by molar-refractivity contribution is 0.112. The number of piperazine rings is 1. The Balaban J connectivity index is 1.94. The number of hydrogen-bond donors (Lipinski definition) is 0. The molecule has 1 aliphatic carbocycles. The number of carbonyl (C=O) groups excluding carboxylic acids is 1. The summed E-state index contributed by atoms with van der Waals surface area (Å²) in [5, 5.41) is 0. The Hall–Kier alpha value is -0.940. The number of pyridine rings is 1. The van der Waals surface area contributed by atoms with Gasteiger partial charge in [0.25, 0.3) is 0 Å². The summed E-state index contributed by atoms with van der Waals surface area (Å²) in [7, 11) is 2.20.